The van der Waals surface area contributed by atoms with Crippen molar-refractivity contribution in [2.24, 2.45) is 0 Å². The van der Waals surface area contributed by atoms with E-state index in [1.165, 1.54) is 6.07 Å². The van der Waals surface area contributed by atoms with E-state index in [0.29, 0.717) is 37.3 Å². The Morgan fingerprint density at radius 3 is 2.42 bits per heavy atom. The first-order valence-electron chi connectivity index (χ1n) is 10.7. The van der Waals surface area contributed by atoms with Gasteiger partial charge in [0, 0.05) is 31.7 Å². The Balaban J connectivity index is 1.27. The summed E-state index contributed by atoms with van der Waals surface area (Å²) >= 11 is 0. The molecule has 2 aliphatic heterocycles. The number of nitrogens with zero attached hydrogens (tertiary/aromatic N) is 1. The Morgan fingerprint density at radius 1 is 1.03 bits per heavy atom. The number of piperidine rings is 1. The second-order valence-corrected chi connectivity index (χ2v) is 8.47. The van der Waals surface area contributed by atoms with Crippen LogP contribution in [0.2, 0.25) is 0 Å². The molecule has 2 fully saturated rings. The summed E-state index contributed by atoms with van der Waals surface area (Å²) in [5.41, 5.74) is 0.173. The quantitative estimate of drug-likeness (QED) is 0.748. The molecule has 1 atom stereocenters. The molecule has 0 saturated carbocycles. The van der Waals surface area contributed by atoms with Gasteiger partial charge in [-0.05, 0) is 49.4 Å². The monoisotopic (exact) mass is 432 g/mol. The number of nitrogens with one attached hydrogen (secondary N) is 1. The third-order valence-corrected chi connectivity index (χ3v) is 6.35. The predicted octanol–water partition coefficient (Wildman–Crippen LogP) is 4.65. The highest BCUT2D eigenvalue weighted by molar-refractivity contribution is 5.94. The van der Waals surface area contributed by atoms with Crippen LogP contribution in [-0.2, 0) is 17.5 Å². The molecule has 4 rings (SSSR count). The van der Waals surface area contributed by atoms with E-state index in [0.717, 1.165) is 31.7 Å². The summed E-state index contributed by atoms with van der Waals surface area (Å²) in [5.74, 6) is -0.108. The van der Waals surface area contributed by atoms with Crippen molar-refractivity contribution in [3.8, 4) is 0 Å². The van der Waals surface area contributed by atoms with E-state index < -0.39 is 11.7 Å². The summed E-state index contributed by atoms with van der Waals surface area (Å²) < 4.78 is 46.1. The molecular formula is C24H27F3N2O2. The van der Waals surface area contributed by atoms with E-state index in [9.17, 15) is 18.0 Å². The summed E-state index contributed by atoms with van der Waals surface area (Å²) in [6, 6.07) is 14.9. The smallest absolute Gasteiger partial charge is 0.370 e. The Morgan fingerprint density at radius 2 is 1.71 bits per heavy atom. The van der Waals surface area contributed by atoms with Crippen molar-refractivity contribution in [2.75, 3.05) is 19.6 Å². The van der Waals surface area contributed by atoms with E-state index in [-0.39, 0.29) is 17.6 Å². The predicted molar refractivity (Wildman–Crippen MR) is 112 cm³/mol. The molecule has 1 unspecified atom stereocenters. The molecule has 0 bridgehead atoms. The third kappa shape index (κ3) is 5.28. The van der Waals surface area contributed by atoms with Crippen LogP contribution in [0.3, 0.4) is 0 Å². The van der Waals surface area contributed by atoms with Gasteiger partial charge in [-0.1, -0.05) is 36.4 Å². The lowest BCUT2D eigenvalue weighted by atomic mass is 9.88. The van der Waals surface area contributed by atoms with Gasteiger partial charge in [-0.3, -0.25) is 9.69 Å². The van der Waals surface area contributed by atoms with Crippen LogP contribution in [0.25, 0.3) is 0 Å². The van der Waals surface area contributed by atoms with Gasteiger partial charge in [-0.25, -0.2) is 0 Å². The minimum absolute atomic E-state index is 0.0230. The summed E-state index contributed by atoms with van der Waals surface area (Å²) in [4.78, 5) is 14.3. The van der Waals surface area contributed by atoms with Gasteiger partial charge < -0.3 is 10.1 Å². The molecule has 0 aliphatic carbocycles. The molecule has 2 aromatic carbocycles. The van der Waals surface area contributed by atoms with E-state index >= 15 is 0 Å². The van der Waals surface area contributed by atoms with Crippen LogP contribution in [0.4, 0.5) is 13.2 Å². The zero-order valence-electron chi connectivity index (χ0n) is 17.3. The Kier molecular flexibility index (Phi) is 6.34. The lowest BCUT2D eigenvalue weighted by Crippen LogP contribution is -2.45. The van der Waals surface area contributed by atoms with Crippen molar-refractivity contribution in [3.05, 3.63) is 71.3 Å². The number of alkyl halides is 3. The molecule has 2 aromatic rings. The minimum Gasteiger partial charge on any atom is -0.370 e. The maximum Gasteiger partial charge on any atom is 0.416 e. The van der Waals surface area contributed by atoms with E-state index in [2.05, 4.69) is 10.2 Å². The van der Waals surface area contributed by atoms with Crippen LogP contribution >= 0.6 is 0 Å². The highest BCUT2D eigenvalue weighted by Crippen LogP contribution is 2.39. The average Bonchev–Trinajstić information content (AvgIpc) is 3.17. The van der Waals surface area contributed by atoms with Gasteiger partial charge >= 0.3 is 6.18 Å². The third-order valence-electron chi connectivity index (χ3n) is 6.35. The van der Waals surface area contributed by atoms with Crippen molar-refractivity contribution in [1.29, 1.82) is 0 Å². The molecule has 4 nitrogen and oxygen atoms in total. The first kappa shape index (κ1) is 21.8. The van der Waals surface area contributed by atoms with E-state index in [4.69, 9.17) is 4.74 Å². The largest absolute Gasteiger partial charge is 0.416 e. The molecule has 2 aliphatic rings. The molecule has 0 aromatic heterocycles. The fraction of sp³-hybridized carbons (Fsp3) is 0.458. The van der Waals surface area contributed by atoms with Crippen LogP contribution < -0.4 is 5.32 Å². The highest BCUT2D eigenvalue weighted by atomic mass is 19.4. The van der Waals surface area contributed by atoms with Crippen LogP contribution in [0.15, 0.2) is 54.6 Å². The van der Waals surface area contributed by atoms with Crippen molar-refractivity contribution < 1.29 is 22.7 Å². The zero-order chi connectivity index (χ0) is 21.9. The maximum absolute atomic E-state index is 13.3. The molecule has 2 saturated heterocycles. The number of rotatable bonds is 5. The van der Waals surface area contributed by atoms with Crippen molar-refractivity contribution >= 4 is 5.91 Å². The number of halogens is 3. The van der Waals surface area contributed by atoms with E-state index in [1.54, 1.807) is 24.3 Å². The second-order valence-electron chi connectivity index (χ2n) is 8.47. The molecule has 7 heteroatoms. The Labute approximate surface area is 180 Å². The average molecular weight is 432 g/mol. The standard InChI is InChI=1S/C24H27F3N2O2/c25-24(26,27)21-9-5-4-8-19(21)17-29-14-12-23(13-15-29)11-10-20(31-23)16-28-22(30)18-6-2-1-3-7-18/h1-9,20H,10-17H2,(H,28,30). The molecule has 1 spiro atoms. The number of carbonyl (C=O) groups is 1. The van der Waals surface area contributed by atoms with Gasteiger partial charge in [0.15, 0.2) is 0 Å². The zero-order valence-corrected chi connectivity index (χ0v) is 17.3. The molecule has 1 amide bonds. The summed E-state index contributed by atoms with van der Waals surface area (Å²) in [7, 11) is 0. The first-order chi connectivity index (χ1) is 14.8. The number of ether oxygens (including phenoxy) is 1. The van der Waals surface area contributed by atoms with Crippen LogP contribution in [0.1, 0.15) is 47.2 Å². The minimum atomic E-state index is -4.33. The number of amides is 1. The highest BCUT2D eigenvalue weighted by Gasteiger charge is 2.42. The topological polar surface area (TPSA) is 41.6 Å². The molecule has 1 N–H and O–H groups in total. The number of hydrogen-bond donors (Lipinski definition) is 1. The molecule has 0 radical (unpaired) electrons. The first-order valence-corrected chi connectivity index (χ1v) is 10.7. The second kappa shape index (κ2) is 9.01. The summed E-state index contributed by atoms with van der Waals surface area (Å²) in [6.45, 7) is 2.17. The van der Waals surface area contributed by atoms with Crippen LogP contribution in [0, 0.1) is 0 Å². The Bertz CT molecular complexity index is 893. The SMILES string of the molecule is O=C(NCC1CCC2(CCN(Cc3ccccc3C(F)(F)F)CC2)O1)c1ccccc1. The summed E-state index contributed by atoms with van der Waals surface area (Å²) in [6.07, 6.45) is -0.961. The van der Waals surface area contributed by atoms with Gasteiger partial charge in [0.1, 0.15) is 0 Å². The molecule has 2 heterocycles. The van der Waals surface area contributed by atoms with Crippen molar-refractivity contribution in [1.82, 2.24) is 10.2 Å². The lowest BCUT2D eigenvalue weighted by molar-refractivity contribution is -0.138. The fourth-order valence-corrected chi connectivity index (χ4v) is 4.60. The lowest BCUT2D eigenvalue weighted by Gasteiger charge is -2.39. The molecule has 31 heavy (non-hydrogen) atoms. The van der Waals surface area contributed by atoms with Gasteiger partial charge in [-0.15, -0.1) is 0 Å². The van der Waals surface area contributed by atoms with Gasteiger partial charge in [0.2, 0.25) is 0 Å². The van der Waals surface area contributed by atoms with Crippen LogP contribution in [0.5, 0.6) is 0 Å². The molecule has 166 valence electrons. The number of benzene rings is 2. The number of likely N-dealkylation sites (tertiary alicyclic amines) is 1. The van der Waals surface area contributed by atoms with Gasteiger partial charge in [-0.2, -0.15) is 13.2 Å². The number of carbonyl (C=O) groups excluding carboxylic acids is 1. The molecular weight excluding hydrogens is 405 g/mol. The van der Waals surface area contributed by atoms with Gasteiger partial charge in [0.25, 0.3) is 5.91 Å². The Hall–Kier alpha value is -2.38. The van der Waals surface area contributed by atoms with Crippen molar-refractivity contribution in [2.45, 2.75) is 50.1 Å². The number of hydrogen-bond acceptors (Lipinski definition) is 3. The van der Waals surface area contributed by atoms with Crippen molar-refractivity contribution in [3.63, 3.8) is 0 Å². The summed E-state index contributed by atoms with van der Waals surface area (Å²) in [5, 5.41) is 2.94. The van der Waals surface area contributed by atoms with E-state index in [1.807, 2.05) is 18.2 Å². The maximum atomic E-state index is 13.3. The van der Waals surface area contributed by atoms with Gasteiger partial charge in [0.05, 0.1) is 17.3 Å². The van der Waals surface area contributed by atoms with Crippen LogP contribution in [-0.4, -0.2) is 42.1 Å². The normalized spacial score (nSPS) is 21.3. The fourth-order valence-electron chi connectivity index (χ4n) is 4.60.